The highest BCUT2D eigenvalue weighted by molar-refractivity contribution is 7.99. The number of nitrogens with zero attached hydrogens (tertiary/aromatic N) is 2. The molecule has 0 saturated heterocycles. The molecule has 0 saturated carbocycles. The number of aryl methyl sites for hydroxylation is 1. The van der Waals surface area contributed by atoms with Gasteiger partial charge in [0.1, 0.15) is 0 Å². The van der Waals surface area contributed by atoms with Gasteiger partial charge in [-0.25, -0.2) is 4.98 Å². The van der Waals surface area contributed by atoms with Crippen LogP contribution in [0.5, 0.6) is 0 Å². The molecule has 0 fully saturated rings. The van der Waals surface area contributed by atoms with Crippen molar-refractivity contribution in [2.45, 2.75) is 12.7 Å². The van der Waals surface area contributed by atoms with Crippen LogP contribution in [0.2, 0.25) is 0 Å². The Kier molecular flexibility index (Phi) is 4.16. The maximum Gasteiger partial charge on any atom is 0.234 e. The number of rotatable bonds is 5. The Balaban J connectivity index is 1.70. The van der Waals surface area contributed by atoms with Gasteiger partial charge in [-0.05, 0) is 6.92 Å². The quantitative estimate of drug-likeness (QED) is 0.870. The molecule has 2 rings (SSSR count). The molecule has 0 bridgehead atoms. The number of thiazole rings is 1. The molecule has 17 heavy (non-hydrogen) atoms. The summed E-state index contributed by atoms with van der Waals surface area (Å²) in [6, 6.07) is 0. The highest BCUT2D eigenvalue weighted by Gasteiger charge is 2.04. The SMILES string of the molecule is Cc1nc(CSCC(=O)Nc2cn[nH]c2)cs1. The zero-order chi connectivity index (χ0) is 12.1. The van der Waals surface area contributed by atoms with Gasteiger partial charge < -0.3 is 5.32 Å². The number of thioether (sulfide) groups is 1. The summed E-state index contributed by atoms with van der Waals surface area (Å²) in [6.45, 7) is 1.98. The van der Waals surface area contributed by atoms with E-state index in [1.54, 1.807) is 35.5 Å². The van der Waals surface area contributed by atoms with E-state index in [0.717, 1.165) is 16.5 Å². The molecule has 2 N–H and O–H groups in total. The van der Waals surface area contributed by atoms with E-state index in [1.807, 2.05) is 12.3 Å². The van der Waals surface area contributed by atoms with Gasteiger partial charge in [-0.2, -0.15) is 5.10 Å². The smallest absolute Gasteiger partial charge is 0.234 e. The first kappa shape index (κ1) is 12.1. The first-order valence-corrected chi connectivity index (χ1v) is 7.05. The summed E-state index contributed by atoms with van der Waals surface area (Å²) in [6.07, 6.45) is 3.22. The fraction of sp³-hybridized carbons (Fsp3) is 0.300. The van der Waals surface area contributed by atoms with Crippen molar-refractivity contribution in [3.63, 3.8) is 0 Å². The van der Waals surface area contributed by atoms with E-state index in [1.165, 1.54) is 0 Å². The molecule has 0 aromatic carbocycles. The first-order valence-electron chi connectivity index (χ1n) is 5.01. The summed E-state index contributed by atoms with van der Waals surface area (Å²) in [5, 5.41) is 12.2. The minimum Gasteiger partial charge on any atom is -0.323 e. The maximum atomic E-state index is 11.5. The van der Waals surface area contributed by atoms with Crippen molar-refractivity contribution < 1.29 is 4.79 Å². The van der Waals surface area contributed by atoms with Crippen LogP contribution in [0.25, 0.3) is 0 Å². The van der Waals surface area contributed by atoms with Crippen molar-refractivity contribution in [2.75, 3.05) is 11.1 Å². The van der Waals surface area contributed by atoms with E-state index in [9.17, 15) is 4.79 Å². The lowest BCUT2D eigenvalue weighted by atomic mass is 10.5. The number of aromatic nitrogens is 3. The largest absolute Gasteiger partial charge is 0.323 e. The van der Waals surface area contributed by atoms with Gasteiger partial charge in [-0.3, -0.25) is 9.89 Å². The monoisotopic (exact) mass is 268 g/mol. The van der Waals surface area contributed by atoms with Crippen LogP contribution >= 0.6 is 23.1 Å². The highest BCUT2D eigenvalue weighted by Crippen LogP contribution is 2.15. The molecule has 2 heterocycles. The molecule has 2 aromatic rings. The van der Waals surface area contributed by atoms with Gasteiger partial charge >= 0.3 is 0 Å². The van der Waals surface area contributed by atoms with E-state index in [0.29, 0.717) is 11.4 Å². The van der Waals surface area contributed by atoms with Gasteiger partial charge in [0.25, 0.3) is 0 Å². The second-order valence-corrected chi connectivity index (χ2v) is 5.43. The van der Waals surface area contributed by atoms with Crippen LogP contribution < -0.4 is 5.32 Å². The van der Waals surface area contributed by atoms with Crippen LogP contribution in [0.3, 0.4) is 0 Å². The van der Waals surface area contributed by atoms with Crippen LogP contribution in [-0.4, -0.2) is 26.8 Å². The zero-order valence-corrected chi connectivity index (χ0v) is 10.9. The molecule has 90 valence electrons. The second-order valence-electron chi connectivity index (χ2n) is 3.39. The lowest BCUT2D eigenvalue weighted by Gasteiger charge is -2.00. The predicted molar refractivity (Wildman–Crippen MR) is 70.2 cm³/mol. The number of aromatic amines is 1. The Morgan fingerprint density at radius 3 is 3.18 bits per heavy atom. The minimum absolute atomic E-state index is 0.0247. The molecule has 7 heteroatoms. The lowest BCUT2D eigenvalue weighted by molar-refractivity contribution is -0.113. The van der Waals surface area contributed by atoms with Crippen molar-refractivity contribution >= 4 is 34.7 Å². The average molecular weight is 268 g/mol. The molecule has 0 spiro atoms. The number of hydrogen-bond donors (Lipinski definition) is 2. The number of hydrogen-bond acceptors (Lipinski definition) is 5. The molecular weight excluding hydrogens is 256 g/mol. The Morgan fingerprint density at radius 1 is 1.65 bits per heavy atom. The van der Waals surface area contributed by atoms with Crippen LogP contribution in [0.1, 0.15) is 10.7 Å². The molecular formula is C10H12N4OS2. The summed E-state index contributed by atoms with van der Waals surface area (Å²) in [5.41, 5.74) is 1.73. The third-order valence-corrected chi connectivity index (χ3v) is 3.72. The standard InChI is InChI=1S/C10H12N4OS2/c1-7-13-9(5-17-7)4-16-6-10(15)14-8-2-11-12-3-8/h2-3,5H,4,6H2,1H3,(H,11,12)(H,14,15). The molecule has 0 atom stereocenters. The normalized spacial score (nSPS) is 10.4. The third kappa shape index (κ3) is 3.86. The number of carbonyl (C=O) groups is 1. The van der Waals surface area contributed by atoms with Crippen molar-refractivity contribution in [3.05, 3.63) is 28.5 Å². The van der Waals surface area contributed by atoms with Crippen LogP contribution in [0.4, 0.5) is 5.69 Å². The van der Waals surface area contributed by atoms with Gasteiger partial charge in [0, 0.05) is 17.3 Å². The fourth-order valence-corrected chi connectivity index (χ4v) is 2.67. The van der Waals surface area contributed by atoms with Gasteiger partial charge in [0.05, 0.1) is 28.3 Å². The number of H-pyrrole nitrogens is 1. The summed E-state index contributed by atoms with van der Waals surface area (Å²) >= 11 is 3.18. The maximum absolute atomic E-state index is 11.5. The second kappa shape index (κ2) is 5.83. The van der Waals surface area contributed by atoms with Gasteiger partial charge in [-0.15, -0.1) is 23.1 Å². The Labute approximate surface area is 107 Å². The van der Waals surface area contributed by atoms with Gasteiger partial charge in [0.15, 0.2) is 0 Å². The molecule has 5 nitrogen and oxygen atoms in total. The Morgan fingerprint density at radius 2 is 2.53 bits per heavy atom. The van der Waals surface area contributed by atoms with Crippen molar-refractivity contribution in [1.29, 1.82) is 0 Å². The summed E-state index contributed by atoms with van der Waals surface area (Å²) in [4.78, 5) is 15.8. The minimum atomic E-state index is -0.0247. The number of nitrogens with one attached hydrogen (secondary N) is 2. The zero-order valence-electron chi connectivity index (χ0n) is 9.27. The predicted octanol–water partition coefficient (Wildman–Crippen LogP) is 2.05. The molecule has 2 aromatic heterocycles. The lowest BCUT2D eigenvalue weighted by Crippen LogP contribution is -2.13. The average Bonchev–Trinajstić information content (AvgIpc) is 2.90. The summed E-state index contributed by atoms with van der Waals surface area (Å²) < 4.78 is 0. The van der Waals surface area contributed by atoms with Crippen LogP contribution in [0.15, 0.2) is 17.8 Å². The molecule has 0 aliphatic rings. The molecule has 0 aliphatic carbocycles. The van der Waals surface area contributed by atoms with E-state index < -0.39 is 0 Å². The summed E-state index contributed by atoms with van der Waals surface area (Å²) in [7, 11) is 0. The van der Waals surface area contributed by atoms with Gasteiger partial charge in [-0.1, -0.05) is 0 Å². The van der Waals surface area contributed by atoms with Crippen molar-refractivity contribution in [1.82, 2.24) is 15.2 Å². The van der Waals surface area contributed by atoms with E-state index in [-0.39, 0.29) is 5.91 Å². The Bertz CT molecular complexity index is 480. The van der Waals surface area contributed by atoms with Crippen LogP contribution in [-0.2, 0) is 10.5 Å². The molecule has 1 amide bonds. The first-order chi connectivity index (χ1) is 8.24. The van der Waals surface area contributed by atoms with E-state index >= 15 is 0 Å². The van der Waals surface area contributed by atoms with Crippen molar-refractivity contribution in [3.8, 4) is 0 Å². The fourth-order valence-electron chi connectivity index (χ4n) is 1.24. The third-order valence-electron chi connectivity index (χ3n) is 1.93. The van der Waals surface area contributed by atoms with Crippen LogP contribution in [0, 0.1) is 6.92 Å². The highest BCUT2D eigenvalue weighted by atomic mass is 32.2. The number of carbonyl (C=O) groups excluding carboxylic acids is 1. The van der Waals surface area contributed by atoms with E-state index in [2.05, 4.69) is 20.5 Å². The molecule has 0 aliphatic heterocycles. The molecule has 0 unspecified atom stereocenters. The number of anilines is 1. The Hall–Kier alpha value is -1.34. The van der Waals surface area contributed by atoms with Crippen molar-refractivity contribution in [2.24, 2.45) is 0 Å². The molecule has 0 radical (unpaired) electrons. The summed E-state index contributed by atoms with van der Waals surface area (Å²) in [5.74, 6) is 1.16. The number of amides is 1. The topological polar surface area (TPSA) is 70.7 Å². The van der Waals surface area contributed by atoms with E-state index in [4.69, 9.17) is 0 Å². The van der Waals surface area contributed by atoms with Gasteiger partial charge in [0.2, 0.25) is 5.91 Å².